The standard InChI is InChI=1S/C34H48F4O3/c1-3-5-9-18-39-20-11-7-8-13-25-14-15-26-24-29(33(37)32(36)28(26)23-25)27-16-17-30(34(38)31(27)35)41-22-12-21-40-19-10-6-4-2/h16-17,24-25H,3-15,18-23H2,1-2H3. The highest BCUT2D eigenvalue weighted by Gasteiger charge is 2.27. The third-order valence-corrected chi connectivity index (χ3v) is 7.93. The minimum Gasteiger partial charge on any atom is -0.490 e. The van der Waals surface area contributed by atoms with Crippen molar-refractivity contribution < 1.29 is 31.8 Å². The van der Waals surface area contributed by atoms with Gasteiger partial charge in [-0.2, -0.15) is 4.39 Å². The first-order valence-corrected chi connectivity index (χ1v) is 15.7. The Balaban J connectivity index is 1.52. The van der Waals surface area contributed by atoms with Crippen LogP contribution in [0.1, 0.15) is 102 Å². The summed E-state index contributed by atoms with van der Waals surface area (Å²) in [7, 11) is 0. The summed E-state index contributed by atoms with van der Waals surface area (Å²) in [6.45, 7) is 7.20. The first-order chi connectivity index (χ1) is 20.0. The summed E-state index contributed by atoms with van der Waals surface area (Å²) in [5.41, 5.74) is 0.503. The van der Waals surface area contributed by atoms with E-state index in [-0.39, 0.29) is 23.5 Å². The molecule has 2 aromatic rings. The smallest absolute Gasteiger partial charge is 0.201 e. The Kier molecular flexibility index (Phi) is 15.0. The molecule has 0 spiro atoms. The third-order valence-electron chi connectivity index (χ3n) is 7.93. The molecule has 0 aromatic heterocycles. The number of halogens is 4. The quantitative estimate of drug-likeness (QED) is 0.115. The van der Waals surface area contributed by atoms with E-state index in [9.17, 15) is 4.39 Å². The lowest BCUT2D eigenvalue weighted by molar-refractivity contribution is 0.115. The highest BCUT2D eigenvalue weighted by atomic mass is 19.2. The van der Waals surface area contributed by atoms with Gasteiger partial charge in [-0.25, -0.2) is 13.2 Å². The summed E-state index contributed by atoms with van der Waals surface area (Å²) in [6.07, 6.45) is 13.3. The van der Waals surface area contributed by atoms with Crippen LogP contribution in [0.4, 0.5) is 17.6 Å². The van der Waals surface area contributed by atoms with Crippen molar-refractivity contribution in [2.45, 2.75) is 104 Å². The molecule has 1 atom stereocenters. The van der Waals surface area contributed by atoms with Gasteiger partial charge in [0.15, 0.2) is 23.2 Å². The fourth-order valence-corrected chi connectivity index (χ4v) is 5.47. The zero-order valence-corrected chi connectivity index (χ0v) is 25.0. The number of unbranched alkanes of at least 4 members (excludes halogenated alkanes) is 6. The summed E-state index contributed by atoms with van der Waals surface area (Å²) < 4.78 is 76.8. The first kappa shape index (κ1) is 33.4. The van der Waals surface area contributed by atoms with Crippen LogP contribution in [-0.4, -0.2) is 33.0 Å². The van der Waals surface area contributed by atoms with Crippen LogP contribution in [0.25, 0.3) is 11.1 Å². The molecule has 0 saturated carbocycles. The van der Waals surface area contributed by atoms with E-state index in [1.807, 2.05) is 0 Å². The van der Waals surface area contributed by atoms with Gasteiger partial charge in [-0.3, -0.25) is 0 Å². The Morgan fingerprint density at radius 1 is 0.659 bits per heavy atom. The Hall–Kier alpha value is -2.12. The maximum atomic E-state index is 15.2. The van der Waals surface area contributed by atoms with Crippen LogP contribution < -0.4 is 4.74 Å². The number of benzene rings is 2. The predicted molar refractivity (Wildman–Crippen MR) is 156 cm³/mol. The highest BCUT2D eigenvalue weighted by Crippen LogP contribution is 2.38. The summed E-state index contributed by atoms with van der Waals surface area (Å²) >= 11 is 0. The van der Waals surface area contributed by atoms with Crippen molar-refractivity contribution in [3.05, 3.63) is 52.6 Å². The van der Waals surface area contributed by atoms with E-state index in [1.54, 1.807) is 0 Å². The fraction of sp³-hybridized carbons (Fsp3) is 0.647. The zero-order chi connectivity index (χ0) is 29.5. The van der Waals surface area contributed by atoms with E-state index < -0.39 is 23.3 Å². The molecule has 0 radical (unpaired) electrons. The molecule has 0 N–H and O–H groups in total. The second-order valence-electron chi connectivity index (χ2n) is 11.2. The van der Waals surface area contributed by atoms with Crippen LogP contribution in [0.2, 0.25) is 0 Å². The number of fused-ring (bicyclic) bond motifs is 1. The monoisotopic (exact) mass is 580 g/mol. The molecule has 3 nitrogen and oxygen atoms in total. The van der Waals surface area contributed by atoms with Crippen LogP contribution in [0.3, 0.4) is 0 Å². The van der Waals surface area contributed by atoms with Gasteiger partial charge in [0.2, 0.25) is 5.82 Å². The Labute approximate surface area is 244 Å². The van der Waals surface area contributed by atoms with Crippen molar-refractivity contribution in [2.75, 3.05) is 33.0 Å². The third kappa shape index (κ3) is 10.3. The molecule has 230 valence electrons. The van der Waals surface area contributed by atoms with E-state index in [0.29, 0.717) is 49.5 Å². The van der Waals surface area contributed by atoms with Gasteiger partial charge in [0, 0.05) is 44.0 Å². The predicted octanol–water partition coefficient (Wildman–Crippen LogP) is 9.76. The van der Waals surface area contributed by atoms with Gasteiger partial charge >= 0.3 is 0 Å². The van der Waals surface area contributed by atoms with Crippen molar-refractivity contribution in [1.29, 1.82) is 0 Å². The largest absolute Gasteiger partial charge is 0.490 e. The number of rotatable bonds is 20. The molecule has 1 aliphatic carbocycles. The number of hydrogen-bond donors (Lipinski definition) is 0. The molecule has 1 unspecified atom stereocenters. The molecule has 0 saturated heterocycles. The highest BCUT2D eigenvalue weighted by molar-refractivity contribution is 5.68. The lowest BCUT2D eigenvalue weighted by atomic mass is 9.80. The van der Waals surface area contributed by atoms with E-state index in [2.05, 4.69) is 13.8 Å². The number of ether oxygens (including phenoxy) is 3. The summed E-state index contributed by atoms with van der Waals surface area (Å²) in [6, 6.07) is 4.03. The van der Waals surface area contributed by atoms with Crippen molar-refractivity contribution >= 4 is 0 Å². The topological polar surface area (TPSA) is 27.7 Å². The van der Waals surface area contributed by atoms with Gasteiger partial charge in [0.25, 0.3) is 0 Å². The second kappa shape index (κ2) is 18.4. The van der Waals surface area contributed by atoms with Crippen LogP contribution in [0, 0.1) is 29.2 Å². The number of aryl methyl sites for hydroxylation is 1. The van der Waals surface area contributed by atoms with E-state index in [1.165, 1.54) is 31.0 Å². The molecular weight excluding hydrogens is 532 g/mol. The van der Waals surface area contributed by atoms with E-state index in [4.69, 9.17) is 14.2 Å². The summed E-state index contributed by atoms with van der Waals surface area (Å²) in [5.74, 6) is -4.46. The molecule has 0 fully saturated rings. The normalized spacial score (nSPS) is 14.8. The molecular formula is C34H48F4O3. The van der Waals surface area contributed by atoms with Crippen molar-refractivity contribution in [2.24, 2.45) is 5.92 Å². The molecule has 3 rings (SSSR count). The SMILES string of the molecule is CCCCCOCCCCCC1CCc2cc(-c3ccc(OCCCOCCCCC)c(F)c3F)c(F)c(F)c2C1. The summed E-state index contributed by atoms with van der Waals surface area (Å²) in [4.78, 5) is 0. The van der Waals surface area contributed by atoms with Gasteiger partial charge in [0.1, 0.15) is 0 Å². The minimum atomic E-state index is -1.24. The Morgan fingerprint density at radius 2 is 1.29 bits per heavy atom. The fourth-order valence-electron chi connectivity index (χ4n) is 5.47. The van der Waals surface area contributed by atoms with E-state index in [0.717, 1.165) is 71.0 Å². The lowest BCUT2D eigenvalue weighted by Crippen LogP contribution is -2.17. The zero-order valence-electron chi connectivity index (χ0n) is 25.0. The van der Waals surface area contributed by atoms with Gasteiger partial charge < -0.3 is 14.2 Å². The van der Waals surface area contributed by atoms with E-state index >= 15 is 13.2 Å². The molecule has 7 heteroatoms. The molecule has 1 aliphatic rings. The van der Waals surface area contributed by atoms with Gasteiger partial charge in [-0.1, -0.05) is 58.8 Å². The van der Waals surface area contributed by atoms with Crippen LogP contribution in [-0.2, 0) is 22.3 Å². The average molecular weight is 581 g/mol. The second-order valence-corrected chi connectivity index (χ2v) is 11.2. The molecule has 41 heavy (non-hydrogen) atoms. The van der Waals surface area contributed by atoms with Crippen LogP contribution in [0.15, 0.2) is 18.2 Å². The van der Waals surface area contributed by atoms with Gasteiger partial charge in [-0.05, 0) is 73.8 Å². The van der Waals surface area contributed by atoms with Crippen LogP contribution >= 0.6 is 0 Å². The molecule has 0 heterocycles. The molecule has 0 bridgehead atoms. The molecule has 0 amide bonds. The minimum absolute atomic E-state index is 0.166. The molecule has 0 aliphatic heterocycles. The maximum Gasteiger partial charge on any atom is 0.201 e. The number of hydrogen-bond acceptors (Lipinski definition) is 3. The first-order valence-electron chi connectivity index (χ1n) is 15.7. The Morgan fingerprint density at radius 3 is 1.98 bits per heavy atom. The average Bonchev–Trinajstić information content (AvgIpc) is 2.98. The maximum absolute atomic E-state index is 15.2. The van der Waals surface area contributed by atoms with Crippen molar-refractivity contribution in [3.63, 3.8) is 0 Å². The van der Waals surface area contributed by atoms with Gasteiger partial charge in [0.05, 0.1) is 6.61 Å². The van der Waals surface area contributed by atoms with Gasteiger partial charge in [-0.15, -0.1) is 0 Å². The van der Waals surface area contributed by atoms with Crippen molar-refractivity contribution in [3.8, 4) is 16.9 Å². The Bertz CT molecular complexity index is 1060. The van der Waals surface area contributed by atoms with Crippen molar-refractivity contribution in [1.82, 2.24) is 0 Å². The molecule has 2 aromatic carbocycles. The summed E-state index contributed by atoms with van der Waals surface area (Å²) in [5, 5.41) is 0. The van der Waals surface area contributed by atoms with Crippen LogP contribution in [0.5, 0.6) is 5.75 Å². The lowest BCUT2D eigenvalue weighted by Gasteiger charge is -2.26.